The third-order valence-corrected chi connectivity index (χ3v) is 4.09. The highest BCUT2D eigenvalue weighted by Crippen LogP contribution is 2.16. The van der Waals surface area contributed by atoms with Crippen LogP contribution in [-0.4, -0.2) is 61.4 Å². The Kier molecular flexibility index (Phi) is 6.07. The minimum Gasteiger partial charge on any atom is -0.396 e. The van der Waals surface area contributed by atoms with Gasteiger partial charge in [0, 0.05) is 19.7 Å². The maximum absolute atomic E-state index is 12.1. The molecule has 0 aromatic carbocycles. The molecule has 2 rings (SSSR count). The van der Waals surface area contributed by atoms with Crippen molar-refractivity contribution in [2.45, 2.75) is 38.2 Å². The van der Waals surface area contributed by atoms with Crippen LogP contribution in [0.3, 0.4) is 0 Å². The van der Waals surface area contributed by atoms with Crippen molar-refractivity contribution in [2.24, 2.45) is 5.92 Å². The maximum atomic E-state index is 12.1. The number of carbonyl (C=O) groups excluding carboxylic acids is 1. The van der Waals surface area contributed by atoms with Gasteiger partial charge in [-0.15, -0.1) is 0 Å². The van der Waals surface area contributed by atoms with E-state index in [4.69, 9.17) is 9.84 Å². The number of piperidine rings is 2. The molecule has 1 atom stereocenters. The third kappa shape index (κ3) is 4.75. The lowest BCUT2D eigenvalue weighted by Gasteiger charge is -2.32. The molecule has 5 nitrogen and oxygen atoms in total. The van der Waals surface area contributed by atoms with Crippen LogP contribution in [0.5, 0.6) is 0 Å². The molecule has 2 aliphatic rings. The van der Waals surface area contributed by atoms with Crippen molar-refractivity contribution < 1.29 is 14.6 Å². The number of aliphatic hydroxyl groups excluding tert-OH is 1. The second-order valence-electron chi connectivity index (χ2n) is 5.60. The molecule has 1 amide bonds. The summed E-state index contributed by atoms with van der Waals surface area (Å²) in [6.07, 6.45) is 4.93. The smallest absolute Gasteiger partial charge is 0.224 e. The number of carbonyl (C=O) groups is 1. The van der Waals surface area contributed by atoms with Crippen molar-refractivity contribution in [1.29, 1.82) is 0 Å². The highest BCUT2D eigenvalue weighted by atomic mass is 16.5. The number of likely N-dealkylation sites (tertiary alicyclic amines) is 1. The van der Waals surface area contributed by atoms with Crippen LogP contribution in [0.4, 0.5) is 0 Å². The van der Waals surface area contributed by atoms with E-state index < -0.39 is 0 Å². The van der Waals surface area contributed by atoms with Crippen LogP contribution < -0.4 is 5.32 Å². The molecule has 2 saturated heterocycles. The van der Waals surface area contributed by atoms with Crippen LogP contribution in [0.2, 0.25) is 0 Å². The Morgan fingerprint density at radius 2 is 2.11 bits per heavy atom. The van der Waals surface area contributed by atoms with E-state index in [1.807, 2.05) is 4.90 Å². The van der Waals surface area contributed by atoms with E-state index in [9.17, 15) is 4.79 Å². The summed E-state index contributed by atoms with van der Waals surface area (Å²) in [6.45, 7) is 4.30. The highest BCUT2D eigenvalue weighted by Gasteiger charge is 2.23. The molecule has 2 N–H and O–H groups in total. The Bertz CT molecular complexity index is 280. The first kappa shape index (κ1) is 14.8. The van der Waals surface area contributed by atoms with Crippen molar-refractivity contribution in [1.82, 2.24) is 10.2 Å². The van der Waals surface area contributed by atoms with Gasteiger partial charge in [-0.2, -0.15) is 0 Å². The number of hydrogen-bond acceptors (Lipinski definition) is 4. The van der Waals surface area contributed by atoms with Gasteiger partial charge in [-0.25, -0.2) is 0 Å². The molecule has 110 valence electrons. The number of nitrogens with zero attached hydrogens (tertiary/aromatic N) is 1. The van der Waals surface area contributed by atoms with Crippen LogP contribution >= 0.6 is 0 Å². The summed E-state index contributed by atoms with van der Waals surface area (Å²) < 4.78 is 5.76. The fourth-order valence-electron chi connectivity index (χ4n) is 2.87. The third-order valence-electron chi connectivity index (χ3n) is 4.09. The molecule has 1 unspecified atom stereocenters. The molecule has 0 aromatic rings. The lowest BCUT2D eigenvalue weighted by molar-refractivity contribution is -0.135. The molecule has 2 fully saturated rings. The number of rotatable bonds is 5. The van der Waals surface area contributed by atoms with Crippen molar-refractivity contribution >= 4 is 5.91 Å². The van der Waals surface area contributed by atoms with Gasteiger partial charge in [-0.3, -0.25) is 4.79 Å². The Morgan fingerprint density at radius 1 is 1.32 bits per heavy atom. The van der Waals surface area contributed by atoms with Gasteiger partial charge in [0.15, 0.2) is 0 Å². The molecule has 0 aliphatic carbocycles. The van der Waals surface area contributed by atoms with Gasteiger partial charge >= 0.3 is 0 Å². The molecule has 2 aliphatic heterocycles. The summed E-state index contributed by atoms with van der Waals surface area (Å²) in [6, 6.07) is 0. The molecule has 0 aromatic heterocycles. The average Bonchev–Trinajstić information content (AvgIpc) is 2.48. The van der Waals surface area contributed by atoms with Crippen molar-refractivity contribution in [3.63, 3.8) is 0 Å². The Morgan fingerprint density at radius 3 is 2.84 bits per heavy atom. The zero-order valence-corrected chi connectivity index (χ0v) is 11.6. The largest absolute Gasteiger partial charge is 0.396 e. The quantitative estimate of drug-likeness (QED) is 0.758. The molecule has 0 bridgehead atoms. The lowest BCUT2D eigenvalue weighted by atomic mass is 9.99. The normalized spacial score (nSPS) is 25.5. The van der Waals surface area contributed by atoms with Gasteiger partial charge in [-0.1, -0.05) is 0 Å². The molecule has 2 heterocycles. The summed E-state index contributed by atoms with van der Waals surface area (Å²) in [4.78, 5) is 13.9. The average molecular weight is 270 g/mol. The highest BCUT2D eigenvalue weighted by molar-refractivity contribution is 5.76. The molecule has 0 spiro atoms. The molecule has 0 radical (unpaired) electrons. The van der Waals surface area contributed by atoms with Crippen LogP contribution in [0, 0.1) is 5.92 Å². The predicted octanol–water partition coefficient (Wildman–Crippen LogP) is 0.376. The number of ether oxygens (including phenoxy) is 1. The zero-order chi connectivity index (χ0) is 13.5. The Hall–Kier alpha value is -0.650. The van der Waals surface area contributed by atoms with Gasteiger partial charge in [0.2, 0.25) is 5.91 Å². The standard InChI is InChI=1S/C14H26N2O3/c17-11-12-2-1-8-16(10-12)14(18)5-9-19-13-3-6-15-7-4-13/h12-13,15,17H,1-11H2. The number of aliphatic hydroxyl groups is 1. The van der Waals surface area contributed by atoms with E-state index in [-0.39, 0.29) is 18.4 Å². The maximum Gasteiger partial charge on any atom is 0.224 e. The molecular weight excluding hydrogens is 244 g/mol. The molecule has 0 saturated carbocycles. The summed E-state index contributed by atoms with van der Waals surface area (Å²) in [5, 5.41) is 12.5. The number of hydrogen-bond donors (Lipinski definition) is 2. The monoisotopic (exact) mass is 270 g/mol. The van der Waals surface area contributed by atoms with Gasteiger partial charge in [0.05, 0.1) is 19.1 Å². The first-order valence-electron chi connectivity index (χ1n) is 7.50. The first-order valence-corrected chi connectivity index (χ1v) is 7.50. The van der Waals surface area contributed by atoms with E-state index in [0.717, 1.165) is 45.3 Å². The van der Waals surface area contributed by atoms with Crippen molar-refractivity contribution in [2.75, 3.05) is 39.4 Å². The fraction of sp³-hybridized carbons (Fsp3) is 0.929. The summed E-state index contributed by atoms with van der Waals surface area (Å²) in [5.41, 5.74) is 0. The topological polar surface area (TPSA) is 61.8 Å². The van der Waals surface area contributed by atoms with E-state index in [0.29, 0.717) is 25.7 Å². The molecule has 19 heavy (non-hydrogen) atoms. The summed E-state index contributed by atoms with van der Waals surface area (Å²) in [7, 11) is 0. The number of amides is 1. The van der Waals surface area contributed by atoms with Crippen molar-refractivity contribution in [3.05, 3.63) is 0 Å². The SMILES string of the molecule is O=C(CCOC1CCNCC1)N1CCCC(CO)C1. The Labute approximate surface area is 115 Å². The predicted molar refractivity (Wildman–Crippen MR) is 72.9 cm³/mol. The summed E-state index contributed by atoms with van der Waals surface area (Å²) in [5.74, 6) is 0.440. The first-order chi connectivity index (χ1) is 9.29. The second-order valence-corrected chi connectivity index (χ2v) is 5.60. The van der Waals surface area contributed by atoms with Gasteiger partial charge in [0.1, 0.15) is 0 Å². The van der Waals surface area contributed by atoms with E-state index >= 15 is 0 Å². The Balaban J connectivity index is 1.63. The van der Waals surface area contributed by atoms with Crippen LogP contribution in [0.25, 0.3) is 0 Å². The minimum absolute atomic E-state index is 0.173. The summed E-state index contributed by atoms with van der Waals surface area (Å²) >= 11 is 0. The zero-order valence-electron chi connectivity index (χ0n) is 11.6. The van der Waals surface area contributed by atoms with E-state index in [1.165, 1.54) is 0 Å². The number of nitrogens with one attached hydrogen (secondary N) is 1. The second kappa shape index (κ2) is 7.82. The van der Waals surface area contributed by atoms with Gasteiger partial charge in [0.25, 0.3) is 0 Å². The van der Waals surface area contributed by atoms with E-state index in [1.54, 1.807) is 0 Å². The van der Waals surface area contributed by atoms with Gasteiger partial charge in [-0.05, 0) is 44.7 Å². The van der Waals surface area contributed by atoms with E-state index in [2.05, 4.69) is 5.32 Å². The van der Waals surface area contributed by atoms with Crippen LogP contribution in [0.1, 0.15) is 32.1 Å². The van der Waals surface area contributed by atoms with Crippen molar-refractivity contribution in [3.8, 4) is 0 Å². The fourth-order valence-corrected chi connectivity index (χ4v) is 2.87. The van der Waals surface area contributed by atoms with Crippen LogP contribution in [0.15, 0.2) is 0 Å². The molecule has 5 heteroatoms. The lowest BCUT2D eigenvalue weighted by Crippen LogP contribution is -2.41. The minimum atomic E-state index is 0.173. The van der Waals surface area contributed by atoms with Gasteiger partial charge < -0.3 is 20.1 Å². The van der Waals surface area contributed by atoms with Crippen LogP contribution in [-0.2, 0) is 9.53 Å². The molecular formula is C14H26N2O3.